The lowest BCUT2D eigenvalue weighted by Crippen LogP contribution is -2.06. The van der Waals surface area contributed by atoms with E-state index in [0.29, 0.717) is 6.42 Å². The lowest BCUT2D eigenvalue weighted by Gasteiger charge is -2.09. The van der Waals surface area contributed by atoms with Crippen molar-refractivity contribution in [3.05, 3.63) is 69.8 Å². The predicted molar refractivity (Wildman–Crippen MR) is 84.5 cm³/mol. The van der Waals surface area contributed by atoms with Gasteiger partial charge >= 0.3 is 0 Å². The highest BCUT2D eigenvalue weighted by molar-refractivity contribution is 5.98. The SMILES string of the molecule is Cc1cc(C)cc(CCC(=O)c2c(C)cccc2C)c1. The predicted octanol–water partition coefficient (Wildman–Crippen LogP) is 4.74. The van der Waals surface area contributed by atoms with Crippen LogP contribution in [-0.2, 0) is 6.42 Å². The van der Waals surface area contributed by atoms with Crippen LogP contribution in [-0.4, -0.2) is 5.78 Å². The van der Waals surface area contributed by atoms with E-state index in [4.69, 9.17) is 0 Å². The van der Waals surface area contributed by atoms with Crippen molar-refractivity contribution < 1.29 is 4.79 Å². The van der Waals surface area contributed by atoms with Gasteiger partial charge in [0.2, 0.25) is 0 Å². The molecule has 2 aromatic rings. The smallest absolute Gasteiger partial charge is 0.163 e. The summed E-state index contributed by atoms with van der Waals surface area (Å²) in [7, 11) is 0. The fourth-order valence-electron chi connectivity index (χ4n) is 2.85. The molecule has 0 aliphatic heterocycles. The molecule has 2 rings (SSSR count). The van der Waals surface area contributed by atoms with Gasteiger partial charge in [-0.3, -0.25) is 4.79 Å². The molecule has 0 heterocycles. The van der Waals surface area contributed by atoms with Crippen LogP contribution in [0.4, 0.5) is 0 Å². The molecule has 0 amide bonds. The van der Waals surface area contributed by atoms with E-state index in [1.807, 2.05) is 32.0 Å². The van der Waals surface area contributed by atoms with E-state index in [9.17, 15) is 4.79 Å². The number of hydrogen-bond acceptors (Lipinski definition) is 1. The third-order valence-corrected chi connectivity index (χ3v) is 3.68. The number of ketones is 1. The molecular formula is C19H22O. The van der Waals surface area contributed by atoms with Gasteiger partial charge in [-0.05, 0) is 50.8 Å². The molecule has 0 unspecified atom stereocenters. The summed E-state index contributed by atoms with van der Waals surface area (Å²) < 4.78 is 0. The third kappa shape index (κ3) is 3.36. The maximum atomic E-state index is 12.4. The Bertz CT molecular complexity index is 598. The minimum absolute atomic E-state index is 0.250. The largest absolute Gasteiger partial charge is 0.294 e. The summed E-state index contributed by atoms with van der Waals surface area (Å²) in [5.74, 6) is 0.250. The molecule has 0 aromatic heterocycles. The fraction of sp³-hybridized carbons (Fsp3) is 0.316. The van der Waals surface area contributed by atoms with Crippen LogP contribution in [0, 0.1) is 27.7 Å². The molecule has 0 spiro atoms. The van der Waals surface area contributed by atoms with Crippen LogP contribution in [0.3, 0.4) is 0 Å². The first-order chi connectivity index (χ1) is 9.47. The lowest BCUT2D eigenvalue weighted by atomic mass is 9.94. The molecule has 0 fully saturated rings. The number of carbonyl (C=O) groups excluding carboxylic acids is 1. The Hall–Kier alpha value is -1.89. The van der Waals surface area contributed by atoms with Crippen LogP contribution < -0.4 is 0 Å². The molecule has 0 atom stereocenters. The van der Waals surface area contributed by atoms with Crippen molar-refractivity contribution in [2.24, 2.45) is 0 Å². The second-order valence-corrected chi connectivity index (χ2v) is 5.69. The molecule has 104 valence electrons. The summed E-state index contributed by atoms with van der Waals surface area (Å²) in [6.07, 6.45) is 1.39. The van der Waals surface area contributed by atoms with Gasteiger partial charge in [0.25, 0.3) is 0 Å². The summed E-state index contributed by atoms with van der Waals surface area (Å²) in [6.45, 7) is 8.22. The maximum absolute atomic E-state index is 12.4. The van der Waals surface area contributed by atoms with Gasteiger partial charge in [-0.1, -0.05) is 47.5 Å². The molecule has 20 heavy (non-hydrogen) atoms. The third-order valence-electron chi connectivity index (χ3n) is 3.68. The first-order valence-corrected chi connectivity index (χ1v) is 7.14. The number of hydrogen-bond donors (Lipinski definition) is 0. The van der Waals surface area contributed by atoms with Gasteiger partial charge in [-0.2, -0.15) is 0 Å². The number of carbonyl (C=O) groups is 1. The zero-order valence-electron chi connectivity index (χ0n) is 12.8. The molecule has 0 N–H and O–H groups in total. The topological polar surface area (TPSA) is 17.1 Å². The molecule has 0 bridgehead atoms. The molecule has 0 aliphatic carbocycles. The summed E-state index contributed by atoms with van der Waals surface area (Å²) in [5.41, 5.74) is 6.84. The van der Waals surface area contributed by atoms with Crippen molar-refractivity contribution in [3.63, 3.8) is 0 Å². The van der Waals surface area contributed by atoms with Crippen LogP contribution in [0.2, 0.25) is 0 Å². The van der Waals surface area contributed by atoms with E-state index in [0.717, 1.165) is 23.1 Å². The van der Waals surface area contributed by atoms with Gasteiger partial charge in [0.15, 0.2) is 5.78 Å². The van der Waals surface area contributed by atoms with Crippen molar-refractivity contribution in [1.82, 2.24) is 0 Å². The lowest BCUT2D eigenvalue weighted by molar-refractivity contribution is 0.0981. The first kappa shape index (κ1) is 14.5. The Morgan fingerprint density at radius 2 is 1.45 bits per heavy atom. The van der Waals surface area contributed by atoms with Crippen molar-refractivity contribution in [2.75, 3.05) is 0 Å². The number of aryl methyl sites for hydroxylation is 5. The monoisotopic (exact) mass is 266 g/mol. The minimum atomic E-state index is 0.250. The van der Waals surface area contributed by atoms with Gasteiger partial charge in [0, 0.05) is 12.0 Å². The van der Waals surface area contributed by atoms with E-state index < -0.39 is 0 Å². The summed E-state index contributed by atoms with van der Waals surface area (Å²) >= 11 is 0. The Kier molecular flexibility index (Phi) is 4.39. The average molecular weight is 266 g/mol. The van der Waals surface area contributed by atoms with E-state index in [2.05, 4.69) is 32.0 Å². The number of Topliss-reactive ketones (excluding diaryl/α,β-unsaturated/α-hetero) is 1. The molecule has 0 aliphatic rings. The number of benzene rings is 2. The Labute approximate surface area is 121 Å². The van der Waals surface area contributed by atoms with E-state index in [1.165, 1.54) is 16.7 Å². The second-order valence-electron chi connectivity index (χ2n) is 5.69. The van der Waals surface area contributed by atoms with Gasteiger partial charge in [-0.15, -0.1) is 0 Å². The van der Waals surface area contributed by atoms with Gasteiger partial charge in [0.05, 0.1) is 0 Å². The highest BCUT2D eigenvalue weighted by Crippen LogP contribution is 2.17. The standard InChI is InChI=1S/C19H22O/c1-13-10-14(2)12-17(11-13)8-9-18(20)19-15(3)6-5-7-16(19)4/h5-7,10-12H,8-9H2,1-4H3. The van der Waals surface area contributed by atoms with Crippen molar-refractivity contribution in [2.45, 2.75) is 40.5 Å². The zero-order valence-corrected chi connectivity index (χ0v) is 12.8. The second kappa shape index (κ2) is 6.04. The van der Waals surface area contributed by atoms with Crippen molar-refractivity contribution in [3.8, 4) is 0 Å². The summed E-state index contributed by atoms with van der Waals surface area (Å²) in [5, 5.41) is 0. The van der Waals surface area contributed by atoms with Crippen molar-refractivity contribution >= 4 is 5.78 Å². The summed E-state index contributed by atoms with van der Waals surface area (Å²) in [6, 6.07) is 12.5. The minimum Gasteiger partial charge on any atom is -0.294 e. The van der Waals surface area contributed by atoms with Gasteiger partial charge in [0.1, 0.15) is 0 Å². The van der Waals surface area contributed by atoms with Gasteiger partial charge in [-0.25, -0.2) is 0 Å². The highest BCUT2D eigenvalue weighted by Gasteiger charge is 2.11. The molecule has 1 nitrogen and oxygen atoms in total. The maximum Gasteiger partial charge on any atom is 0.163 e. The van der Waals surface area contributed by atoms with Gasteiger partial charge < -0.3 is 0 Å². The van der Waals surface area contributed by atoms with E-state index >= 15 is 0 Å². The Balaban J connectivity index is 2.13. The average Bonchev–Trinajstić information content (AvgIpc) is 2.35. The highest BCUT2D eigenvalue weighted by atomic mass is 16.1. The Morgan fingerprint density at radius 3 is 2.00 bits per heavy atom. The molecule has 0 radical (unpaired) electrons. The molecule has 2 aromatic carbocycles. The van der Waals surface area contributed by atoms with E-state index in [1.54, 1.807) is 0 Å². The molecular weight excluding hydrogens is 244 g/mol. The van der Waals surface area contributed by atoms with Crippen molar-refractivity contribution in [1.29, 1.82) is 0 Å². The molecule has 1 heteroatoms. The zero-order chi connectivity index (χ0) is 14.7. The van der Waals surface area contributed by atoms with Crippen LogP contribution in [0.5, 0.6) is 0 Å². The molecule has 0 saturated heterocycles. The van der Waals surface area contributed by atoms with Crippen LogP contribution >= 0.6 is 0 Å². The number of rotatable bonds is 4. The fourth-order valence-corrected chi connectivity index (χ4v) is 2.85. The summed E-state index contributed by atoms with van der Waals surface area (Å²) in [4.78, 5) is 12.4. The normalized spacial score (nSPS) is 10.6. The Morgan fingerprint density at radius 1 is 0.900 bits per heavy atom. The first-order valence-electron chi connectivity index (χ1n) is 7.14. The van der Waals surface area contributed by atoms with Crippen LogP contribution in [0.1, 0.15) is 44.6 Å². The van der Waals surface area contributed by atoms with E-state index in [-0.39, 0.29) is 5.78 Å². The van der Waals surface area contributed by atoms with Crippen LogP contribution in [0.15, 0.2) is 36.4 Å². The molecule has 0 saturated carbocycles. The quantitative estimate of drug-likeness (QED) is 0.731. The van der Waals surface area contributed by atoms with Crippen LogP contribution in [0.25, 0.3) is 0 Å².